The Morgan fingerprint density at radius 3 is 1.33 bits per heavy atom. The van der Waals surface area contributed by atoms with E-state index in [-0.39, 0.29) is 36.5 Å². The van der Waals surface area contributed by atoms with Crippen molar-refractivity contribution in [3.8, 4) is 11.5 Å². The highest BCUT2D eigenvalue weighted by Crippen LogP contribution is 2.46. The minimum Gasteiger partial charge on any atom is -0.404 e. The molecule has 2 aromatic carbocycles. The summed E-state index contributed by atoms with van der Waals surface area (Å²) in [4.78, 5) is 19.7. The summed E-state index contributed by atoms with van der Waals surface area (Å²) in [6.45, 7) is 0.230. The summed E-state index contributed by atoms with van der Waals surface area (Å²) >= 11 is 0. The third-order valence-corrected chi connectivity index (χ3v) is 6.67. The number of para-hydroxylation sites is 2. The fourth-order valence-electron chi connectivity index (χ4n) is 3.25. The largest absolute Gasteiger partial charge is 0.527 e. The first-order valence-electron chi connectivity index (χ1n) is 9.75. The van der Waals surface area contributed by atoms with Crippen molar-refractivity contribution in [2.24, 2.45) is 11.8 Å². The first-order chi connectivity index (χ1) is 14.3. The van der Waals surface area contributed by atoms with Crippen LogP contribution in [0, 0.1) is 11.8 Å². The molecule has 2 unspecified atom stereocenters. The normalized spacial score (nSPS) is 23.1. The highest BCUT2D eigenvalue weighted by Gasteiger charge is 2.30. The molecule has 0 aromatic heterocycles. The van der Waals surface area contributed by atoms with E-state index in [0.717, 1.165) is 25.7 Å². The van der Waals surface area contributed by atoms with Gasteiger partial charge in [0.05, 0.1) is 13.2 Å². The Hall–Kier alpha value is -1.66. The maximum Gasteiger partial charge on any atom is 0.527 e. The van der Waals surface area contributed by atoms with Crippen LogP contribution in [0.15, 0.2) is 60.7 Å². The van der Waals surface area contributed by atoms with Gasteiger partial charge in [-0.1, -0.05) is 36.4 Å². The number of phosphoric ester groups is 2. The van der Waals surface area contributed by atoms with Crippen molar-refractivity contribution >= 4 is 15.6 Å². The van der Waals surface area contributed by atoms with E-state index in [0.29, 0.717) is 0 Å². The summed E-state index contributed by atoms with van der Waals surface area (Å²) in [7, 11) is -8.35. The zero-order valence-corrected chi connectivity index (χ0v) is 18.2. The van der Waals surface area contributed by atoms with Crippen molar-refractivity contribution < 1.29 is 37.0 Å². The Kier molecular flexibility index (Phi) is 8.12. The average Bonchev–Trinajstić information content (AvgIpc) is 2.72. The molecule has 2 N–H and O–H groups in total. The van der Waals surface area contributed by atoms with Crippen molar-refractivity contribution in [3.05, 3.63) is 60.7 Å². The van der Waals surface area contributed by atoms with Gasteiger partial charge in [-0.2, -0.15) is 0 Å². The molecule has 30 heavy (non-hydrogen) atoms. The van der Waals surface area contributed by atoms with Gasteiger partial charge < -0.3 is 9.05 Å². The molecule has 0 bridgehead atoms. The molecule has 164 valence electrons. The van der Waals surface area contributed by atoms with Gasteiger partial charge in [0.1, 0.15) is 11.5 Å². The fraction of sp³-hybridized carbons (Fsp3) is 0.400. The van der Waals surface area contributed by atoms with E-state index in [4.69, 9.17) is 18.1 Å². The van der Waals surface area contributed by atoms with Gasteiger partial charge in [-0.25, -0.2) is 9.13 Å². The van der Waals surface area contributed by atoms with Crippen LogP contribution in [-0.4, -0.2) is 23.0 Å². The van der Waals surface area contributed by atoms with Crippen molar-refractivity contribution in [2.45, 2.75) is 25.7 Å². The highest BCUT2D eigenvalue weighted by atomic mass is 31.2. The fourth-order valence-corrected chi connectivity index (χ4v) is 4.93. The molecule has 1 aliphatic carbocycles. The molecule has 3 rings (SSSR count). The summed E-state index contributed by atoms with van der Waals surface area (Å²) < 4.78 is 44.5. The topological polar surface area (TPSA) is 112 Å². The molecule has 1 saturated carbocycles. The predicted octanol–water partition coefficient (Wildman–Crippen LogP) is 5.18. The van der Waals surface area contributed by atoms with E-state index in [2.05, 4.69) is 0 Å². The lowest BCUT2D eigenvalue weighted by molar-refractivity contribution is 0.113. The maximum absolute atomic E-state index is 12.1. The Labute approximate surface area is 176 Å². The van der Waals surface area contributed by atoms with Gasteiger partial charge in [-0.05, 0) is 61.8 Å². The Bertz CT molecular complexity index is 795. The third-order valence-electron chi connectivity index (χ3n) is 4.84. The number of hydrogen-bond donors (Lipinski definition) is 2. The van der Waals surface area contributed by atoms with Crippen LogP contribution in [0.5, 0.6) is 11.5 Å². The SMILES string of the molecule is O=P(O)(OCC1CCC(COP(=O)(O)Oc2ccccc2)CC1)Oc1ccccc1. The first kappa shape index (κ1) is 23.0. The van der Waals surface area contributed by atoms with Crippen molar-refractivity contribution in [1.82, 2.24) is 0 Å². The lowest BCUT2D eigenvalue weighted by atomic mass is 9.83. The Morgan fingerprint density at radius 1 is 0.667 bits per heavy atom. The second-order valence-electron chi connectivity index (χ2n) is 7.22. The monoisotopic (exact) mass is 456 g/mol. The molecule has 0 amide bonds. The van der Waals surface area contributed by atoms with Gasteiger partial charge in [0, 0.05) is 0 Å². The molecule has 1 aliphatic rings. The van der Waals surface area contributed by atoms with Crippen LogP contribution in [0.3, 0.4) is 0 Å². The van der Waals surface area contributed by atoms with Gasteiger partial charge in [0.2, 0.25) is 0 Å². The number of hydrogen-bond acceptors (Lipinski definition) is 6. The maximum atomic E-state index is 12.1. The molecule has 10 heteroatoms. The zero-order valence-electron chi connectivity index (χ0n) is 16.4. The molecule has 0 heterocycles. The summed E-state index contributed by atoms with van der Waals surface area (Å²) in [5.74, 6) is 0.774. The van der Waals surface area contributed by atoms with Crippen molar-refractivity contribution in [3.63, 3.8) is 0 Å². The van der Waals surface area contributed by atoms with Crippen molar-refractivity contribution in [2.75, 3.05) is 13.2 Å². The summed E-state index contributed by atoms with van der Waals surface area (Å²) in [6, 6.07) is 16.7. The zero-order chi connectivity index (χ0) is 21.5. The second-order valence-corrected chi connectivity index (χ2v) is 9.98. The van der Waals surface area contributed by atoms with Crippen LogP contribution < -0.4 is 9.05 Å². The smallest absolute Gasteiger partial charge is 0.404 e. The Morgan fingerprint density at radius 2 is 1.00 bits per heavy atom. The van der Waals surface area contributed by atoms with Crippen LogP contribution in [0.1, 0.15) is 25.7 Å². The standard InChI is InChI=1S/C20H26O8P2/c21-29(22,27-19-7-3-1-4-8-19)25-15-17-11-13-18(14-12-17)16-26-30(23,24)28-20-9-5-2-6-10-20/h1-10,17-18H,11-16H2,(H,21,22)(H,23,24). The Balaban J connectivity index is 1.36. The lowest BCUT2D eigenvalue weighted by Crippen LogP contribution is -2.21. The summed E-state index contributed by atoms with van der Waals surface area (Å²) in [6.07, 6.45) is 3.03. The summed E-state index contributed by atoms with van der Waals surface area (Å²) in [5, 5.41) is 0. The van der Waals surface area contributed by atoms with Gasteiger partial charge in [-0.15, -0.1) is 0 Å². The van der Waals surface area contributed by atoms with Gasteiger partial charge in [0.25, 0.3) is 0 Å². The quantitative estimate of drug-likeness (QED) is 0.470. The lowest BCUT2D eigenvalue weighted by Gasteiger charge is -2.28. The van der Waals surface area contributed by atoms with Crippen LogP contribution >= 0.6 is 15.6 Å². The van der Waals surface area contributed by atoms with E-state index < -0.39 is 15.6 Å². The van der Waals surface area contributed by atoms with E-state index in [1.165, 1.54) is 0 Å². The molecule has 2 aromatic rings. The molecule has 8 nitrogen and oxygen atoms in total. The highest BCUT2D eigenvalue weighted by molar-refractivity contribution is 7.48. The van der Waals surface area contributed by atoms with Crippen LogP contribution in [0.2, 0.25) is 0 Å². The number of benzene rings is 2. The van der Waals surface area contributed by atoms with Crippen LogP contribution in [0.4, 0.5) is 0 Å². The predicted molar refractivity (Wildman–Crippen MR) is 111 cm³/mol. The van der Waals surface area contributed by atoms with E-state index in [1.54, 1.807) is 60.7 Å². The van der Waals surface area contributed by atoms with Gasteiger partial charge >= 0.3 is 15.6 Å². The second kappa shape index (κ2) is 10.6. The van der Waals surface area contributed by atoms with Crippen molar-refractivity contribution in [1.29, 1.82) is 0 Å². The molecule has 0 spiro atoms. The molecular weight excluding hydrogens is 430 g/mol. The summed E-state index contributed by atoms with van der Waals surface area (Å²) in [5.41, 5.74) is 0. The average molecular weight is 456 g/mol. The molecule has 2 atom stereocenters. The van der Waals surface area contributed by atoms with Gasteiger partial charge in [0.15, 0.2) is 0 Å². The van der Waals surface area contributed by atoms with Crippen LogP contribution in [-0.2, 0) is 18.2 Å². The first-order valence-corrected chi connectivity index (χ1v) is 12.7. The minimum absolute atomic E-state index is 0.114. The molecule has 1 fully saturated rings. The third kappa shape index (κ3) is 7.88. The molecule has 0 saturated heterocycles. The molecule has 0 radical (unpaired) electrons. The van der Waals surface area contributed by atoms with E-state index in [1.807, 2.05) is 0 Å². The van der Waals surface area contributed by atoms with Crippen LogP contribution in [0.25, 0.3) is 0 Å². The number of phosphoric acid groups is 2. The minimum atomic E-state index is -4.18. The molecular formula is C20H26O8P2. The van der Waals surface area contributed by atoms with Gasteiger partial charge in [-0.3, -0.25) is 18.8 Å². The van der Waals surface area contributed by atoms with E-state index >= 15 is 0 Å². The number of rotatable bonds is 10. The van der Waals surface area contributed by atoms with E-state index in [9.17, 15) is 18.9 Å². The molecule has 0 aliphatic heterocycles.